The summed E-state index contributed by atoms with van der Waals surface area (Å²) in [4.78, 5) is 15.3. The number of piperidine rings is 1. The van der Waals surface area contributed by atoms with E-state index in [1.165, 1.54) is 41.6 Å². The van der Waals surface area contributed by atoms with Crippen molar-refractivity contribution in [2.24, 2.45) is 11.8 Å². The summed E-state index contributed by atoms with van der Waals surface area (Å²) in [5.41, 5.74) is 6.80. The lowest BCUT2D eigenvalue weighted by Gasteiger charge is -2.26. The first-order chi connectivity index (χ1) is 14.7. The largest absolute Gasteiger partial charge is 0.330 e. The Labute approximate surface area is 184 Å². The molecule has 2 atom stereocenters. The maximum Gasteiger partial charge on any atom is 0.164 e. The molecule has 0 amide bonds. The molecular formula is C26H32N2OS. The molecule has 0 radical (unpaired) electrons. The zero-order valence-corrected chi connectivity index (χ0v) is 18.9. The number of anilines is 1. The summed E-state index contributed by atoms with van der Waals surface area (Å²) in [7, 11) is 0. The Morgan fingerprint density at radius 3 is 2.70 bits per heavy atom. The number of ketones is 1. The molecule has 2 aromatic rings. The van der Waals surface area contributed by atoms with E-state index in [0.29, 0.717) is 17.6 Å². The molecule has 3 aliphatic rings. The van der Waals surface area contributed by atoms with E-state index < -0.39 is 0 Å². The lowest BCUT2D eigenvalue weighted by molar-refractivity contribution is 0.0965. The van der Waals surface area contributed by atoms with Crippen molar-refractivity contribution in [2.75, 3.05) is 30.6 Å². The molecule has 4 heteroatoms. The van der Waals surface area contributed by atoms with Crippen molar-refractivity contribution < 1.29 is 4.79 Å². The Hall–Kier alpha value is -1.78. The Morgan fingerprint density at radius 2 is 1.93 bits per heavy atom. The summed E-state index contributed by atoms with van der Waals surface area (Å²) in [6.07, 6.45) is 7.46. The molecule has 2 aliphatic carbocycles. The van der Waals surface area contributed by atoms with Gasteiger partial charge >= 0.3 is 0 Å². The van der Waals surface area contributed by atoms with Gasteiger partial charge in [0.1, 0.15) is 0 Å². The van der Waals surface area contributed by atoms with Crippen LogP contribution >= 0.6 is 11.9 Å². The van der Waals surface area contributed by atoms with Crippen LogP contribution in [0.5, 0.6) is 0 Å². The summed E-state index contributed by atoms with van der Waals surface area (Å²) in [6, 6.07) is 15.4. The lowest BCUT2D eigenvalue weighted by atomic mass is 9.87. The Balaban J connectivity index is 1.19. The zero-order chi connectivity index (χ0) is 20.7. The smallest absolute Gasteiger partial charge is 0.164 e. The van der Waals surface area contributed by atoms with Gasteiger partial charge in [0, 0.05) is 49.0 Å². The average Bonchev–Trinajstić information content (AvgIpc) is 3.12. The normalized spacial score (nSPS) is 27.0. The number of hydrogen-bond acceptors (Lipinski definition) is 4. The summed E-state index contributed by atoms with van der Waals surface area (Å²) in [6.45, 7) is 5.51. The zero-order valence-electron chi connectivity index (χ0n) is 18.1. The molecule has 30 heavy (non-hydrogen) atoms. The fraction of sp³-hybridized carbons (Fsp3) is 0.500. The van der Waals surface area contributed by atoms with Gasteiger partial charge in [-0.25, -0.2) is 0 Å². The number of likely N-dealkylation sites (tertiary alicyclic amines) is 1. The highest BCUT2D eigenvalue weighted by Crippen LogP contribution is 2.65. The van der Waals surface area contributed by atoms with Gasteiger partial charge in [0.15, 0.2) is 5.78 Å². The minimum Gasteiger partial charge on any atom is -0.330 e. The number of hydrogen-bond donors (Lipinski definition) is 1. The Bertz CT molecular complexity index is 944. The van der Waals surface area contributed by atoms with E-state index in [0.717, 1.165) is 43.5 Å². The van der Waals surface area contributed by atoms with Crippen molar-refractivity contribution in [2.45, 2.75) is 44.4 Å². The fourth-order valence-corrected chi connectivity index (χ4v) is 6.66. The SMILES string of the molecule is CCC1(c2cccc(NSC)c2)C2CN(CCC(=O)c3ccc4c(c3)CCC4)CC21. The van der Waals surface area contributed by atoms with Crippen molar-refractivity contribution in [1.82, 2.24) is 4.90 Å². The first kappa shape index (κ1) is 20.1. The summed E-state index contributed by atoms with van der Waals surface area (Å²) < 4.78 is 3.38. The first-order valence-corrected chi connectivity index (χ1v) is 12.6. The number of aryl methyl sites for hydroxylation is 2. The third kappa shape index (κ3) is 3.38. The second-order valence-corrected chi connectivity index (χ2v) is 9.88. The van der Waals surface area contributed by atoms with Gasteiger partial charge in [-0.05, 0) is 72.4 Å². The number of carbonyl (C=O) groups excluding carboxylic acids is 1. The predicted octanol–water partition coefficient (Wildman–Crippen LogP) is 5.35. The molecule has 2 fully saturated rings. The average molecular weight is 421 g/mol. The van der Waals surface area contributed by atoms with E-state index in [-0.39, 0.29) is 0 Å². The van der Waals surface area contributed by atoms with Crippen molar-refractivity contribution in [1.29, 1.82) is 0 Å². The molecule has 0 spiro atoms. The van der Waals surface area contributed by atoms with Crippen LogP contribution < -0.4 is 4.72 Å². The van der Waals surface area contributed by atoms with Gasteiger partial charge in [-0.2, -0.15) is 0 Å². The molecule has 2 aromatic carbocycles. The highest BCUT2D eigenvalue weighted by atomic mass is 32.2. The molecule has 0 aromatic heterocycles. The van der Waals surface area contributed by atoms with Crippen molar-refractivity contribution in [3.63, 3.8) is 0 Å². The van der Waals surface area contributed by atoms with Gasteiger partial charge in [0.25, 0.3) is 0 Å². The van der Waals surface area contributed by atoms with Crippen molar-refractivity contribution in [3.8, 4) is 0 Å². The maximum absolute atomic E-state index is 12.8. The number of nitrogens with one attached hydrogen (secondary N) is 1. The van der Waals surface area contributed by atoms with Crippen molar-refractivity contribution in [3.05, 3.63) is 64.7 Å². The summed E-state index contributed by atoms with van der Waals surface area (Å²) in [5, 5.41) is 0. The standard InChI is InChI=1S/C26H32N2OS/c1-3-26(21-8-5-9-22(15-21)27-30-2)23-16-28(17-24(23)26)13-12-25(29)20-11-10-18-6-4-7-19(18)14-20/h5,8-11,14-15,23-24,27H,3-4,6-7,12-13,16-17H2,1-2H3. The van der Waals surface area contributed by atoms with E-state index >= 15 is 0 Å². The van der Waals surface area contributed by atoms with Crippen LogP contribution in [0.15, 0.2) is 42.5 Å². The highest BCUT2D eigenvalue weighted by Gasteiger charge is 2.67. The number of benzene rings is 2. The minimum atomic E-state index is 0.308. The molecule has 1 saturated carbocycles. The quantitative estimate of drug-likeness (QED) is 0.461. The van der Waals surface area contributed by atoms with Crippen LogP contribution in [0.2, 0.25) is 0 Å². The Morgan fingerprint density at radius 1 is 1.13 bits per heavy atom. The molecule has 2 unspecified atom stereocenters. The molecule has 158 valence electrons. The van der Waals surface area contributed by atoms with Crippen LogP contribution in [0.1, 0.15) is 53.2 Å². The third-order valence-corrected chi connectivity index (χ3v) is 8.33. The van der Waals surface area contributed by atoms with Crippen LogP contribution in [0.4, 0.5) is 5.69 Å². The number of nitrogens with zero attached hydrogens (tertiary/aromatic N) is 1. The predicted molar refractivity (Wildman–Crippen MR) is 126 cm³/mol. The highest BCUT2D eigenvalue weighted by molar-refractivity contribution is 7.99. The second kappa shape index (κ2) is 8.05. The van der Waals surface area contributed by atoms with E-state index in [9.17, 15) is 4.79 Å². The van der Waals surface area contributed by atoms with Gasteiger partial charge in [0.05, 0.1) is 0 Å². The number of fused-ring (bicyclic) bond motifs is 2. The van der Waals surface area contributed by atoms with Crippen molar-refractivity contribution >= 4 is 23.4 Å². The number of Topliss-reactive ketones (excluding diaryl/α,β-unsaturated/α-hetero) is 1. The minimum absolute atomic E-state index is 0.308. The second-order valence-electron chi connectivity index (χ2n) is 9.26. The van der Waals surface area contributed by atoms with E-state index in [2.05, 4.69) is 59.2 Å². The monoisotopic (exact) mass is 420 g/mol. The summed E-state index contributed by atoms with van der Waals surface area (Å²) in [5.74, 6) is 1.78. The summed E-state index contributed by atoms with van der Waals surface area (Å²) >= 11 is 1.65. The van der Waals surface area contributed by atoms with E-state index in [4.69, 9.17) is 0 Å². The molecular weight excluding hydrogens is 388 g/mol. The van der Waals surface area contributed by atoms with Gasteiger partial charge in [-0.15, -0.1) is 0 Å². The van der Waals surface area contributed by atoms with Gasteiger partial charge in [-0.3, -0.25) is 4.79 Å². The fourth-order valence-electron chi connectivity index (χ4n) is 6.29. The molecule has 5 rings (SSSR count). The van der Waals surface area contributed by atoms with Gasteiger partial charge < -0.3 is 9.62 Å². The van der Waals surface area contributed by atoms with Gasteiger partial charge in [-0.1, -0.05) is 43.1 Å². The van der Waals surface area contributed by atoms with Crippen LogP contribution in [0.3, 0.4) is 0 Å². The van der Waals surface area contributed by atoms with Crippen LogP contribution in [0.25, 0.3) is 0 Å². The molecule has 1 heterocycles. The van der Waals surface area contributed by atoms with Crippen LogP contribution in [0, 0.1) is 11.8 Å². The van der Waals surface area contributed by atoms with E-state index in [1.54, 1.807) is 11.9 Å². The topological polar surface area (TPSA) is 32.3 Å². The van der Waals surface area contributed by atoms with Gasteiger partial charge in [0.2, 0.25) is 0 Å². The third-order valence-electron chi connectivity index (χ3n) is 7.89. The van der Waals surface area contributed by atoms with Crippen LogP contribution in [-0.4, -0.2) is 36.6 Å². The molecule has 1 N–H and O–H groups in total. The first-order valence-electron chi connectivity index (χ1n) is 11.4. The van der Waals surface area contributed by atoms with Crippen LogP contribution in [-0.2, 0) is 18.3 Å². The molecule has 3 nitrogen and oxygen atoms in total. The molecule has 0 bridgehead atoms. The maximum atomic E-state index is 12.8. The molecule has 1 saturated heterocycles. The van der Waals surface area contributed by atoms with E-state index in [1.807, 2.05) is 6.07 Å². The number of carbonyl (C=O) groups is 1. The Kier molecular flexibility index (Phi) is 5.40. The molecule has 1 aliphatic heterocycles. The lowest BCUT2D eigenvalue weighted by Crippen LogP contribution is -2.31. The number of rotatable bonds is 8.